The topological polar surface area (TPSA) is 87.1 Å². The molecule has 1 aliphatic heterocycles. The second kappa shape index (κ2) is 11.4. The maximum Gasteiger partial charge on any atom is 0.180 e. The number of hydrogen-bond donors (Lipinski definition) is 2. The van der Waals surface area contributed by atoms with Gasteiger partial charge >= 0.3 is 0 Å². The summed E-state index contributed by atoms with van der Waals surface area (Å²) in [7, 11) is 0. The first-order valence-electron chi connectivity index (χ1n) is 13.3. The number of pyridine rings is 2. The van der Waals surface area contributed by atoms with Gasteiger partial charge in [-0.1, -0.05) is 36.4 Å². The molecular formula is C32H30N6O. The van der Waals surface area contributed by atoms with Crippen molar-refractivity contribution in [3.05, 3.63) is 109 Å². The number of aromatic hydroxyl groups is 1. The van der Waals surface area contributed by atoms with Gasteiger partial charge in [-0.25, -0.2) is 9.97 Å². The molecule has 0 aliphatic carbocycles. The van der Waals surface area contributed by atoms with Crippen molar-refractivity contribution in [1.29, 1.82) is 0 Å². The Bertz CT molecular complexity index is 1570. The maximum absolute atomic E-state index is 9.83. The first-order valence-corrected chi connectivity index (χ1v) is 13.3. The van der Waals surface area contributed by atoms with Gasteiger partial charge in [0.25, 0.3) is 0 Å². The molecule has 7 heteroatoms. The molecule has 0 bridgehead atoms. The average molecular weight is 515 g/mol. The first-order chi connectivity index (χ1) is 19.2. The van der Waals surface area contributed by atoms with Crippen molar-refractivity contribution in [2.24, 2.45) is 0 Å². The number of nitrogens with one attached hydrogen (secondary N) is 1. The number of benzene rings is 2. The molecule has 0 saturated carbocycles. The van der Waals surface area contributed by atoms with Crippen LogP contribution in [0, 0.1) is 0 Å². The molecule has 7 nitrogen and oxygen atoms in total. The molecule has 0 unspecified atom stereocenters. The first kappa shape index (κ1) is 24.7. The van der Waals surface area contributed by atoms with Crippen molar-refractivity contribution in [2.75, 3.05) is 18.4 Å². The summed E-state index contributed by atoms with van der Waals surface area (Å²) in [5.74, 6) is 1.44. The van der Waals surface area contributed by atoms with Gasteiger partial charge < -0.3 is 10.4 Å². The number of rotatable bonds is 8. The van der Waals surface area contributed by atoms with Crippen LogP contribution in [-0.2, 0) is 13.1 Å². The fraction of sp³-hybridized carbons (Fsp3) is 0.188. The molecule has 0 spiro atoms. The quantitative estimate of drug-likeness (QED) is 0.256. The van der Waals surface area contributed by atoms with E-state index in [-0.39, 0.29) is 5.75 Å². The zero-order chi connectivity index (χ0) is 26.4. The maximum atomic E-state index is 9.83. The van der Waals surface area contributed by atoms with Crippen LogP contribution in [0.15, 0.2) is 97.5 Å². The monoisotopic (exact) mass is 514 g/mol. The Hall–Kier alpha value is -4.62. The molecule has 39 heavy (non-hydrogen) atoms. The number of nitrogens with zero attached hydrogens (tertiary/aromatic N) is 5. The average Bonchev–Trinajstić information content (AvgIpc) is 3.50. The van der Waals surface area contributed by atoms with Crippen LogP contribution in [0.25, 0.3) is 33.9 Å². The summed E-state index contributed by atoms with van der Waals surface area (Å²) in [6.45, 7) is 3.84. The second-order valence-corrected chi connectivity index (χ2v) is 9.85. The van der Waals surface area contributed by atoms with Crippen LogP contribution in [-0.4, -0.2) is 43.0 Å². The van der Waals surface area contributed by atoms with E-state index in [0.717, 1.165) is 34.5 Å². The molecule has 0 atom stereocenters. The van der Waals surface area contributed by atoms with Crippen molar-refractivity contribution in [3.8, 4) is 39.7 Å². The minimum absolute atomic E-state index is 0.235. The molecule has 1 saturated heterocycles. The zero-order valence-corrected chi connectivity index (χ0v) is 21.7. The summed E-state index contributed by atoms with van der Waals surface area (Å²) >= 11 is 0. The molecule has 0 amide bonds. The fourth-order valence-corrected chi connectivity index (χ4v) is 4.94. The molecule has 0 radical (unpaired) electrons. The van der Waals surface area contributed by atoms with Crippen molar-refractivity contribution >= 4 is 5.82 Å². The smallest absolute Gasteiger partial charge is 0.180 e. The molecule has 194 valence electrons. The highest BCUT2D eigenvalue weighted by molar-refractivity contribution is 5.72. The van der Waals surface area contributed by atoms with Gasteiger partial charge in [0.2, 0.25) is 0 Å². The Labute approximate surface area is 228 Å². The molecule has 1 fully saturated rings. The number of phenolic OH excluding ortho intramolecular Hbond substituents is 1. The van der Waals surface area contributed by atoms with Crippen molar-refractivity contribution in [3.63, 3.8) is 0 Å². The van der Waals surface area contributed by atoms with Crippen LogP contribution < -0.4 is 5.32 Å². The molecular weight excluding hydrogens is 484 g/mol. The van der Waals surface area contributed by atoms with E-state index < -0.39 is 0 Å². The van der Waals surface area contributed by atoms with Crippen LogP contribution in [0.4, 0.5) is 5.82 Å². The van der Waals surface area contributed by atoms with Gasteiger partial charge in [0, 0.05) is 48.9 Å². The predicted octanol–water partition coefficient (Wildman–Crippen LogP) is 6.18. The molecule has 2 N–H and O–H groups in total. The van der Waals surface area contributed by atoms with Gasteiger partial charge in [0.1, 0.15) is 17.3 Å². The third-order valence-electron chi connectivity index (χ3n) is 6.90. The van der Waals surface area contributed by atoms with E-state index in [0.29, 0.717) is 23.9 Å². The summed E-state index contributed by atoms with van der Waals surface area (Å²) < 4.78 is 0. The highest BCUT2D eigenvalue weighted by Gasteiger charge is 2.14. The highest BCUT2D eigenvalue weighted by atomic mass is 16.3. The zero-order valence-electron chi connectivity index (χ0n) is 21.7. The SMILES string of the molecule is Oc1cccc(CNc2cc(-c3cncc(-c4cccc(CN5CCCC5)c4)c3)nc(-c3ccccn3)n2)c1. The van der Waals surface area contributed by atoms with Crippen LogP contribution in [0.2, 0.25) is 0 Å². The number of aromatic nitrogens is 4. The molecule has 4 heterocycles. The van der Waals surface area contributed by atoms with Gasteiger partial charge in [0.15, 0.2) is 5.82 Å². The molecule has 1 aliphatic rings. The van der Waals surface area contributed by atoms with Crippen molar-refractivity contribution in [2.45, 2.75) is 25.9 Å². The van der Waals surface area contributed by atoms with Crippen LogP contribution in [0.3, 0.4) is 0 Å². The highest BCUT2D eigenvalue weighted by Crippen LogP contribution is 2.28. The minimum Gasteiger partial charge on any atom is -0.508 e. The Morgan fingerprint density at radius 2 is 1.59 bits per heavy atom. The molecule has 6 rings (SSSR count). The molecule has 2 aromatic carbocycles. The van der Waals surface area contributed by atoms with Gasteiger partial charge in [-0.05, 0) is 79.0 Å². The van der Waals surface area contributed by atoms with Crippen LogP contribution in [0.5, 0.6) is 5.75 Å². The second-order valence-electron chi connectivity index (χ2n) is 9.85. The van der Waals surface area contributed by atoms with Gasteiger partial charge in [-0.3, -0.25) is 14.9 Å². The Morgan fingerprint density at radius 1 is 0.744 bits per heavy atom. The number of hydrogen-bond acceptors (Lipinski definition) is 7. The van der Waals surface area contributed by atoms with E-state index in [1.165, 1.54) is 31.5 Å². The van der Waals surface area contributed by atoms with E-state index in [1.54, 1.807) is 18.3 Å². The van der Waals surface area contributed by atoms with E-state index in [2.05, 4.69) is 50.5 Å². The van der Waals surface area contributed by atoms with Gasteiger partial charge in [-0.2, -0.15) is 0 Å². The summed E-state index contributed by atoms with van der Waals surface area (Å²) in [4.78, 5) is 21.1. The van der Waals surface area contributed by atoms with Crippen molar-refractivity contribution < 1.29 is 5.11 Å². The fourth-order valence-electron chi connectivity index (χ4n) is 4.94. The van der Waals surface area contributed by atoms with Gasteiger partial charge in [-0.15, -0.1) is 0 Å². The lowest BCUT2D eigenvalue weighted by Gasteiger charge is -2.15. The van der Waals surface area contributed by atoms with E-state index in [9.17, 15) is 5.11 Å². The third kappa shape index (κ3) is 6.10. The summed E-state index contributed by atoms with van der Waals surface area (Å²) in [5, 5.41) is 13.2. The van der Waals surface area contributed by atoms with E-state index in [1.807, 2.05) is 48.8 Å². The number of anilines is 1. The third-order valence-corrected chi connectivity index (χ3v) is 6.90. The summed E-state index contributed by atoms with van der Waals surface area (Å²) in [6.07, 6.45) is 8.05. The van der Waals surface area contributed by atoms with Crippen molar-refractivity contribution in [1.82, 2.24) is 24.8 Å². The van der Waals surface area contributed by atoms with Crippen LogP contribution in [0.1, 0.15) is 24.0 Å². The van der Waals surface area contributed by atoms with E-state index >= 15 is 0 Å². The van der Waals surface area contributed by atoms with Crippen LogP contribution >= 0.6 is 0 Å². The largest absolute Gasteiger partial charge is 0.508 e. The molecule has 3 aromatic heterocycles. The standard InChI is InChI=1S/C32H30N6O/c39-28-10-6-7-23(16-28)19-35-31-18-30(36-32(37-31)29-11-1-2-12-34-29)27-17-26(20-33-21-27)25-9-5-8-24(15-25)22-38-13-3-4-14-38/h1-2,5-12,15-18,20-21,39H,3-4,13-14,19,22H2,(H,35,36,37). The normalized spacial score (nSPS) is 13.4. The van der Waals surface area contributed by atoms with Gasteiger partial charge in [0.05, 0.1) is 5.69 Å². The number of phenols is 1. The lowest BCUT2D eigenvalue weighted by molar-refractivity contribution is 0.331. The number of likely N-dealkylation sites (tertiary alicyclic amines) is 1. The lowest BCUT2D eigenvalue weighted by atomic mass is 10.0. The van der Waals surface area contributed by atoms with E-state index in [4.69, 9.17) is 9.97 Å². The predicted molar refractivity (Wildman–Crippen MR) is 154 cm³/mol. The minimum atomic E-state index is 0.235. The Morgan fingerprint density at radius 3 is 2.44 bits per heavy atom. The summed E-state index contributed by atoms with van der Waals surface area (Å²) in [5.41, 5.74) is 6.80. The Balaban J connectivity index is 1.32. The lowest BCUT2D eigenvalue weighted by Crippen LogP contribution is -2.18. The summed E-state index contributed by atoms with van der Waals surface area (Å²) in [6, 6.07) is 25.7. The molecule has 5 aromatic rings. The Kier molecular flexibility index (Phi) is 7.23.